The molecule has 10 nitrogen and oxygen atoms in total. The first kappa shape index (κ1) is 19.7. The van der Waals surface area contributed by atoms with Crippen LogP contribution < -0.4 is 21.1 Å². The summed E-state index contributed by atoms with van der Waals surface area (Å²) >= 11 is 3.30. The zero-order valence-electron chi connectivity index (χ0n) is 15.3. The van der Waals surface area contributed by atoms with E-state index in [2.05, 4.69) is 36.5 Å². The van der Waals surface area contributed by atoms with E-state index in [0.717, 1.165) is 0 Å². The van der Waals surface area contributed by atoms with Gasteiger partial charge in [-0.2, -0.15) is 0 Å². The van der Waals surface area contributed by atoms with Crippen molar-refractivity contribution < 1.29 is 23.9 Å². The van der Waals surface area contributed by atoms with Crippen molar-refractivity contribution in [3.63, 3.8) is 0 Å². The van der Waals surface area contributed by atoms with Gasteiger partial charge in [0, 0.05) is 4.47 Å². The van der Waals surface area contributed by atoms with Crippen LogP contribution in [0.25, 0.3) is 11.0 Å². The maximum atomic E-state index is 12.1. The number of hydrogen-bond acceptors (Lipinski definition) is 6. The van der Waals surface area contributed by atoms with Gasteiger partial charge in [0.05, 0.1) is 28.8 Å². The number of imidazole rings is 1. The van der Waals surface area contributed by atoms with E-state index in [1.807, 2.05) is 0 Å². The van der Waals surface area contributed by atoms with Crippen LogP contribution in [-0.2, 0) is 19.1 Å². The molecular weight excluding hydrogens is 460 g/mol. The molecule has 4 rings (SSSR count). The summed E-state index contributed by atoms with van der Waals surface area (Å²) < 4.78 is 11.0. The van der Waals surface area contributed by atoms with Crippen molar-refractivity contribution in [1.82, 2.24) is 9.97 Å². The summed E-state index contributed by atoms with van der Waals surface area (Å²) in [5.41, 5.74) is 1.63. The van der Waals surface area contributed by atoms with Crippen LogP contribution in [0.5, 0.6) is 5.75 Å². The van der Waals surface area contributed by atoms with Crippen LogP contribution in [0.3, 0.4) is 0 Å². The van der Waals surface area contributed by atoms with Gasteiger partial charge in [-0.1, -0.05) is 12.1 Å². The predicted octanol–water partition coefficient (Wildman–Crippen LogP) is 1.89. The number of H-pyrrole nitrogens is 2. The Morgan fingerprint density at radius 3 is 2.67 bits per heavy atom. The van der Waals surface area contributed by atoms with Crippen molar-refractivity contribution in [3.8, 4) is 5.75 Å². The quantitative estimate of drug-likeness (QED) is 0.415. The molecule has 2 amide bonds. The number of esters is 1. The third-order valence-corrected chi connectivity index (χ3v) is 4.96. The fourth-order valence-electron chi connectivity index (χ4n) is 2.92. The number of anilines is 2. The lowest BCUT2D eigenvalue weighted by Crippen LogP contribution is -2.39. The van der Waals surface area contributed by atoms with Crippen molar-refractivity contribution in [2.75, 3.05) is 17.2 Å². The molecular formula is C19H15BrN4O6. The number of aromatic amines is 2. The van der Waals surface area contributed by atoms with Gasteiger partial charge in [-0.25, -0.2) is 4.79 Å². The average Bonchev–Trinajstić information content (AvgIpc) is 3.06. The average molecular weight is 475 g/mol. The van der Waals surface area contributed by atoms with Gasteiger partial charge in [0.2, 0.25) is 0 Å². The molecule has 3 aromatic rings. The number of ether oxygens (including phenoxy) is 2. The number of benzene rings is 2. The Morgan fingerprint density at radius 1 is 1.13 bits per heavy atom. The largest absolute Gasteiger partial charge is 0.478 e. The first-order valence-electron chi connectivity index (χ1n) is 8.82. The number of hydrogen-bond donors (Lipinski definition) is 4. The summed E-state index contributed by atoms with van der Waals surface area (Å²) in [6.07, 6.45) is -1.38. The lowest BCUT2D eigenvalue weighted by molar-refractivity contribution is -0.150. The van der Waals surface area contributed by atoms with Crippen LogP contribution in [0.1, 0.15) is 6.42 Å². The number of carbonyl (C=O) groups is 3. The molecule has 0 saturated carbocycles. The molecule has 1 aliphatic rings. The van der Waals surface area contributed by atoms with Crippen molar-refractivity contribution in [3.05, 3.63) is 51.4 Å². The minimum atomic E-state index is -1.04. The topological polar surface area (TPSA) is 142 Å². The maximum absolute atomic E-state index is 12.1. The first-order chi connectivity index (χ1) is 14.4. The number of carbonyl (C=O) groups excluding carboxylic acids is 3. The van der Waals surface area contributed by atoms with E-state index in [9.17, 15) is 19.2 Å². The monoisotopic (exact) mass is 474 g/mol. The summed E-state index contributed by atoms with van der Waals surface area (Å²) in [6.45, 7) is -0.544. The number of fused-ring (bicyclic) bond motifs is 2. The van der Waals surface area contributed by atoms with E-state index in [4.69, 9.17) is 9.47 Å². The molecule has 0 unspecified atom stereocenters. The summed E-state index contributed by atoms with van der Waals surface area (Å²) in [5, 5.41) is 5.23. The third-order valence-electron chi connectivity index (χ3n) is 4.30. The Bertz CT molecular complexity index is 1220. The summed E-state index contributed by atoms with van der Waals surface area (Å²) in [5.74, 6) is -1.35. The van der Waals surface area contributed by atoms with E-state index < -0.39 is 30.5 Å². The minimum absolute atomic E-state index is 0.340. The number of halogens is 1. The molecule has 0 fully saturated rings. The van der Waals surface area contributed by atoms with E-state index >= 15 is 0 Å². The van der Waals surface area contributed by atoms with E-state index in [0.29, 0.717) is 32.6 Å². The Kier molecular flexibility index (Phi) is 5.27. The zero-order chi connectivity index (χ0) is 21.3. The van der Waals surface area contributed by atoms with Crippen LogP contribution in [0.4, 0.5) is 11.4 Å². The van der Waals surface area contributed by atoms with Crippen molar-refractivity contribution >= 4 is 56.1 Å². The first-order valence-corrected chi connectivity index (χ1v) is 9.62. The smallest absolute Gasteiger partial charge is 0.323 e. The fourth-order valence-corrected chi connectivity index (χ4v) is 3.36. The van der Waals surface area contributed by atoms with Crippen LogP contribution in [0.2, 0.25) is 0 Å². The van der Waals surface area contributed by atoms with Gasteiger partial charge in [-0.15, -0.1) is 0 Å². The Hall–Kier alpha value is -3.60. The molecule has 0 bridgehead atoms. The number of amides is 2. The molecule has 0 radical (unpaired) electrons. The molecule has 2 heterocycles. The van der Waals surface area contributed by atoms with Crippen molar-refractivity contribution in [2.24, 2.45) is 0 Å². The second kappa shape index (κ2) is 8.03. The molecule has 4 N–H and O–H groups in total. The molecule has 0 saturated heterocycles. The van der Waals surface area contributed by atoms with Crippen molar-refractivity contribution in [1.29, 1.82) is 0 Å². The van der Waals surface area contributed by atoms with Crippen LogP contribution in [0, 0.1) is 0 Å². The van der Waals surface area contributed by atoms with E-state index in [1.165, 1.54) is 0 Å². The second-order valence-corrected chi connectivity index (χ2v) is 7.32. The molecule has 154 valence electrons. The zero-order valence-corrected chi connectivity index (χ0v) is 16.9. The Balaban J connectivity index is 1.32. The highest BCUT2D eigenvalue weighted by Crippen LogP contribution is 2.30. The fraction of sp³-hybridized carbons (Fsp3) is 0.158. The van der Waals surface area contributed by atoms with Crippen LogP contribution >= 0.6 is 15.9 Å². The summed E-state index contributed by atoms with van der Waals surface area (Å²) in [4.78, 5) is 52.8. The molecule has 1 aromatic heterocycles. The number of rotatable bonds is 5. The normalized spacial score (nSPS) is 15.1. The standard InChI is InChI=1S/C19H15BrN4O6/c20-9-5-12-13(24-19(28)23-12)6-11(9)21-16(25)8-29-17(26)7-15-18(27)22-10-3-1-2-4-14(10)30-15/h1-6,15H,7-8H2,(H,21,25)(H,22,27)(H2,23,24,28)/t15-/m1/s1. The van der Waals surface area contributed by atoms with Gasteiger partial charge >= 0.3 is 11.7 Å². The molecule has 30 heavy (non-hydrogen) atoms. The molecule has 0 spiro atoms. The third kappa shape index (κ3) is 4.20. The van der Waals surface area contributed by atoms with Gasteiger partial charge in [-0.3, -0.25) is 14.4 Å². The summed E-state index contributed by atoms with van der Waals surface area (Å²) in [6, 6.07) is 10.0. The van der Waals surface area contributed by atoms with Crippen LogP contribution in [0.15, 0.2) is 45.7 Å². The number of aromatic nitrogens is 2. The van der Waals surface area contributed by atoms with Crippen LogP contribution in [-0.4, -0.2) is 40.5 Å². The van der Waals surface area contributed by atoms with Gasteiger partial charge < -0.3 is 30.1 Å². The Labute approximate surface area is 177 Å². The molecule has 11 heteroatoms. The summed E-state index contributed by atoms with van der Waals surface area (Å²) in [7, 11) is 0. The number of nitrogens with one attached hydrogen (secondary N) is 4. The highest BCUT2D eigenvalue weighted by atomic mass is 79.9. The molecule has 0 aliphatic carbocycles. The van der Waals surface area contributed by atoms with E-state index in [1.54, 1.807) is 36.4 Å². The highest BCUT2D eigenvalue weighted by molar-refractivity contribution is 9.10. The minimum Gasteiger partial charge on any atom is -0.478 e. The Morgan fingerprint density at radius 2 is 1.87 bits per heavy atom. The molecule has 2 aromatic carbocycles. The van der Waals surface area contributed by atoms with Gasteiger partial charge in [0.1, 0.15) is 5.75 Å². The van der Waals surface area contributed by atoms with Gasteiger partial charge in [0.25, 0.3) is 11.8 Å². The number of para-hydroxylation sites is 2. The molecule has 1 atom stereocenters. The van der Waals surface area contributed by atoms with Gasteiger partial charge in [0.15, 0.2) is 12.7 Å². The highest BCUT2D eigenvalue weighted by Gasteiger charge is 2.30. The lowest BCUT2D eigenvalue weighted by atomic mass is 10.1. The predicted molar refractivity (Wildman–Crippen MR) is 110 cm³/mol. The van der Waals surface area contributed by atoms with Crippen molar-refractivity contribution in [2.45, 2.75) is 12.5 Å². The van der Waals surface area contributed by atoms with E-state index in [-0.39, 0.29) is 12.1 Å². The SMILES string of the molecule is O=C(COC(=O)C[C@H]1Oc2ccccc2NC1=O)Nc1cc2[nH]c(=O)[nH]c2cc1Br. The lowest BCUT2D eigenvalue weighted by Gasteiger charge is -2.25. The molecule has 1 aliphatic heterocycles. The maximum Gasteiger partial charge on any atom is 0.323 e. The second-order valence-electron chi connectivity index (χ2n) is 6.46. The van der Waals surface area contributed by atoms with Gasteiger partial charge in [-0.05, 0) is 40.2 Å².